The first-order valence-electron chi connectivity index (χ1n) is 3.86. The molecule has 1 heterocycles. The molecule has 1 aromatic carbocycles. The van der Waals surface area contributed by atoms with Gasteiger partial charge in [0.25, 0.3) is 0 Å². The number of para-hydroxylation sites is 2. The SMILES string of the molecule is Clc1cnc2ccccc2n1.N[SH](=O)=O. The fourth-order valence-electron chi connectivity index (χ4n) is 0.935. The lowest BCUT2D eigenvalue weighted by Gasteiger charge is -1.93. The van der Waals surface area contributed by atoms with E-state index in [0.717, 1.165) is 11.0 Å². The molecule has 1 aromatic heterocycles. The first-order valence-corrected chi connectivity index (χ1v) is 5.48. The topological polar surface area (TPSA) is 85.9 Å². The molecule has 80 valence electrons. The van der Waals surface area contributed by atoms with Crippen LogP contribution in [0.5, 0.6) is 0 Å². The van der Waals surface area contributed by atoms with E-state index < -0.39 is 10.9 Å². The van der Waals surface area contributed by atoms with Crippen molar-refractivity contribution in [2.24, 2.45) is 5.14 Å². The molecule has 7 heteroatoms. The summed E-state index contributed by atoms with van der Waals surface area (Å²) in [5, 5.41) is 4.50. The van der Waals surface area contributed by atoms with E-state index in [1.54, 1.807) is 6.20 Å². The molecule has 2 rings (SSSR count). The molecule has 0 radical (unpaired) electrons. The molecule has 0 amide bonds. The average molecular weight is 246 g/mol. The highest BCUT2D eigenvalue weighted by Crippen LogP contribution is 2.10. The van der Waals surface area contributed by atoms with Crippen molar-refractivity contribution in [1.82, 2.24) is 9.97 Å². The van der Waals surface area contributed by atoms with Gasteiger partial charge in [0.1, 0.15) is 5.15 Å². The van der Waals surface area contributed by atoms with Crippen LogP contribution in [0.25, 0.3) is 11.0 Å². The monoisotopic (exact) mass is 245 g/mol. The number of nitrogens with zero attached hydrogens (tertiary/aromatic N) is 2. The lowest BCUT2D eigenvalue weighted by molar-refractivity contribution is 0.616. The molecule has 0 bridgehead atoms. The van der Waals surface area contributed by atoms with Crippen molar-refractivity contribution in [2.45, 2.75) is 0 Å². The summed E-state index contributed by atoms with van der Waals surface area (Å²) in [5.74, 6) is 0. The van der Waals surface area contributed by atoms with Gasteiger partial charge in [-0.1, -0.05) is 23.7 Å². The predicted molar refractivity (Wildman–Crippen MR) is 59.1 cm³/mol. The Kier molecular flexibility index (Phi) is 4.41. The third-order valence-corrected chi connectivity index (χ3v) is 1.60. The van der Waals surface area contributed by atoms with E-state index in [4.69, 9.17) is 20.0 Å². The Morgan fingerprint density at radius 3 is 2.33 bits per heavy atom. The van der Waals surface area contributed by atoms with Gasteiger partial charge in [-0.3, -0.25) is 4.98 Å². The lowest BCUT2D eigenvalue weighted by atomic mass is 10.3. The molecule has 2 aromatic rings. The smallest absolute Gasteiger partial charge is 0.198 e. The fourth-order valence-corrected chi connectivity index (χ4v) is 1.07. The van der Waals surface area contributed by atoms with Gasteiger partial charge in [0.15, 0.2) is 10.9 Å². The van der Waals surface area contributed by atoms with Crippen LogP contribution in [0.2, 0.25) is 5.15 Å². The minimum atomic E-state index is -2.62. The van der Waals surface area contributed by atoms with Crippen molar-refractivity contribution in [3.63, 3.8) is 0 Å². The summed E-state index contributed by atoms with van der Waals surface area (Å²) >= 11 is 5.65. The van der Waals surface area contributed by atoms with E-state index in [-0.39, 0.29) is 0 Å². The summed E-state index contributed by atoms with van der Waals surface area (Å²) in [6, 6.07) is 7.62. The maximum Gasteiger partial charge on any atom is 0.198 e. The minimum absolute atomic E-state index is 0.434. The van der Waals surface area contributed by atoms with Crippen LogP contribution in [0.15, 0.2) is 30.5 Å². The molecule has 5 nitrogen and oxygen atoms in total. The highest BCUT2D eigenvalue weighted by Gasteiger charge is 1.93. The zero-order chi connectivity index (χ0) is 11.3. The largest absolute Gasteiger partial charge is 0.251 e. The van der Waals surface area contributed by atoms with Gasteiger partial charge in [0.05, 0.1) is 17.2 Å². The number of thiol groups is 1. The van der Waals surface area contributed by atoms with Crippen LogP contribution >= 0.6 is 11.6 Å². The summed E-state index contributed by atoms with van der Waals surface area (Å²) in [4.78, 5) is 8.16. The van der Waals surface area contributed by atoms with Gasteiger partial charge in [-0.15, -0.1) is 0 Å². The van der Waals surface area contributed by atoms with Crippen molar-refractivity contribution in [1.29, 1.82) is 0 Å². The quantitative estimate of drug-likeness (QED) is 0.671. The van der Waals surface area contributed by atoms with Crippen LogP contribution in [0.4, 0.5) is 0 Å². The van der Waals surface area contributed by atoms with Gasteiger partial charge in [0, 0.05) is 0 Å². The number of benzene rings is 1. The number of hydrogen-bond donors (Lipinski definition) is 2. The lowest BCUT2D eigenvalue weighted by Crippen LogP contribution is -1.85. The standard InChI is InChI=1S/C8H5ClN2.H3NO2S/c9-8-5-10-6-3-1-2-4-7(6)11-8;1-4(2)3/h1-5H;4H,(H2,1,2,3). The van der Waals surface area contributed by atoms with E-state index in [2.05, 4.69) is 15.1 Å². The number of halogens is 1. The molecule has 0 spiro atoms. The molecule has 0 unspecified atom stereocenters. The second kappa shape index (κ2) is 5.59. The molecule has 0 fully saturated rings. The van der Waals surface area contributed by atoms with E-state index in [1.807, 2.05) is 24.3 Å². The van der Waals surface area contributed by atoms with Gasteiger partial charge in [-0.05, 0) is 12.1 Å². The van der Waals surface area contributed by atoms with Crippen LogP contribution in [-0.4, -0.2) is 18.4 Å². The van der Waals surface area contributed by atoms with E-state index in [9.17, 15) is 0 Å². The van der Waals surface area contributed by atoms with E-state index in [0.29, 0.717) is 5.15 Å². The number of nitrogens with two attached hydrogens (primary N) is 1. The molecule has 0 aliphatic carbocycles. The Morgan fingerprint density at radius 2 is 1.73 bits per heavy atom. The Labute approximate surface area is 93.0 Å². The summed E-state index contributed by atoms with van der Waals surface area (Å²) < 4.78 is 17.6. The second-order valence-corrected chi connectivity index (χ2v) is 3.42. The van der Waals surface area contributed by atoms with Crippen molar-refractivity contribution < 1.29 is 8.42 Å². The van der Waals surface area contributed by atoms with Crippen LogP contribution in [0, 0.1) is 0 Å². The highest BCUT2D eigenvalue weighted by atomic mass is 35.5. The Hall–Kier alpha value is -1.24. The van der Waals surface area contributed by atoms with E-state index in [1.165, 1.54) is 0 Å². The Bertz CT molecular complexity index is 522. The van der Waals surface area contributed by atoms with Gasteiger partial charge >= 0.3 is 0 Å². The number of rotatable bonds is 0. The second-order valence-electron chi connectivity index (χ2n) is 2.47. The van der Waals surface area contributed by atoms with Crippen LogP contribution in [0.3, 0.4) is 0 Å². The first kappa shape index (κ1) is 11.8. The number of aromatic nitrogens is 2. The maximum atomic E-state index is 8.81. The summed E-state index contributed by atoms with van der Waals surface area (Å²) in [6.07, 6.45) is 1.55. The van der Waals surface area contributed by atoms with Gasteiger partial charge in [-0.25, -0.2) is 18.5 Å². The summed E-state index contributed by atoms with van der Waals surface area (Å²) in [6.45, 7) is 0. The Morgan fingerprint density at radius 1 is 1.20 bits per heavy atom. The normalized spacial score (nSPS) is 9.80. The molecule has 0 atom stereocenters. The molecule has 0 saturated carbocycles. The number of fused-ring (bicyclic) bond motifs is 1. The minimum Gasteiger partial charge on any atom is -0.251 e. The van der Waals surface area contributed by atoms with Crippen molar-refractivity contribution in [3.05, 3.63) is 35.6 Å². The van der Waals surface area contributed by atoms with Gasteiger partial charge < -0.3 is 0 Å². The first-order chi connectivity index (χ1) is 7.09. The zero-order valence-electron chi connectivity index (χ0n) is 7.50. The van der Waals surface area contributed by atoms with Gasteiger partial charge in [0.2, 0.25) is 0 Å². The fraction of sp³-hybridized carbons (Fsp3) is 0. The molecule has 2 N–H and O–H groups in total. The van der Waals surface area contributed by atoms with E-state index >= 15 is 0 Å². The Balaban J connectivity index is 0.000000245. The molecule has 0 saturated heterocycles. The summed E-state index contributed by atoms with van der Waals surface area (Å²) in [7, 11) is -2.62. The van der Waals surface area contributed by atoms with Crippen LogP contribution in [0.1, 0.15) is 0 Å². The highest BCUT2D eigenvalue weighted by molar-refractivity contribution is 7.69. The molecule has 0 aliphatic rings. The molecule has 15 heavy (non-hydrogen) atoms. The summed E-state index contributed by atoms with van der Waals surface area (Å²) in [5.41, 5.74) is 1.71. The van der Waals surface area contributed by atoms with Crippen molar-refractivity contribution >= 4 is 33.5 Å². The predicted octanol–water partition coefficient (Wildman–Crippen LogP) is 0.755. The molecule has 0 aliphatic heterocycles. The third-order valence-electron chi connectivity index (χ3n) is 1.42. The average Bonchev–Trinajstić information content (AvgIpc) is 2.16. The maximum absolute atomic E-state index is 8.81. The molecular weight excluding hydrogens is 238 g/mol. The van der Waals surface area contributed by atoms with Crippen LogP contribution < -0.4 is 5.14 Å². The molecular formula is C8H8ClN3O2S. The van der Waals surface area contributed by atoms with Crippen molar-refractivity contribution in [3.8, 4) is 0 Å². The van der Waals surface area contributed by atoms with Crippen molar-refractivity contribution in [2.75, 3.05) is 0 Å². The number of hydrogen-bond acceptors (Lipinski definition) is 4. The zero-order valence-corrected chi connectivity index (χ0v) is 9.15. The van der Waals surface area contributed by atoms with Gasteiger partial charge in [-0.2, -0.15) is 0 Å². The third kappa shape index (κ3) is 4.20. The van der Waals surface area contributed by atoms with Crippen LogP contribution in [-0.2, 0) is 10.9 Å².